The van der Waals surface area contributed by atoms with E-state index in [2.05, 4.69) is 25.6 Å². The predicted octanol–water partition coefficient (Wildman–Crippen LogP) is 4.23. The highest BCUT2D eigenvalue weighted by molar-refractivity contribution is 9.10. The zero-order valence-corrected chi connectivity index (χ0v) is 16.7. The molecule has 0 fully saturated rings. The van der Waals surface area contributed by atoms with Gasteiger partial charge in [0.15, 0.2) is 5.84 Å². The van der Waals surface area contributed by atoms with Crippen LogP contribution >= 0.6 is 15.9 Å². The van der Waals surface area contributed by atoms with E-state index in [4.69, 9.17) is 4.74 Å². The molecule has 0 saturated carbocycles. The molecule has 1 aliphatic heterocycles. The number of carbonyl (C=O) groups excluding carboxylic acids is 1. The molecule has 0 aromatic heterocycles. The predicted molar refractivity (Wildman–Crippen MR) is 109 cm³/mol. The lowest BCUT2D eigenvalue weighted by Crippen LogP contribution is -2.11. The number of hydrogen-bond donors (Lipinski definition) is 1. The molecule has 3 aromatic carbocycles. The van der Waals surface area contributed by atoms with E-state index in [1.807, 2.05) is 0 Å². The largest absolute Gasteiger partial charge is 0.423 e. The van der Waals surface area contributed by atoms with Crippen LogP contribution in [0, 0.1) is 0 Å². The first-order valence-corrected chi connectivity index (χ1v) is 10.4. The number of carbonyl (C=O) groups is 1. The number of halogens is 1. The van der Waals surface area contributed by atoms with Gasteiger partial charge in [-0.15, -0.1) is 4.40 Å². The van der Waals surface area contributed by atoms with Gasteiger partial charge in [0, 0.05) is 15.7 Å². The molecule has 6 nitrogen and oxygen atoms in total. The quantitative estimate of drug-likeness (QED) is 0.470. The zero-order valence-electron chi connectivity index (χ0n) is 14.3. The van der Waals surface area contributed by atoms with Gasteiger partial charge >= 0.3 is 5.97 Å². The molecule has 0 spiro atoms. The Morgan fingerprint density at radius 2 is 1.61 bits per heavy atom. The number of hydrogen-bond acceptors (Lipinski definition) is 5. The molecule has 0 amide bonds. The first-order valence-electron chi connectivity index (χ1n) is 8.22. The normalized spacial score (nSPS) is 14.1. The van der Waals surface area contributed by atoms with Gasteiger partial charge in [-0.05, 0) is 60.7 Å². The van der Waals surface area contributed by atoms with Crippen LogP contribution < -0.4 is 10.1 Å². The molecule has 0 unspecified atom stereocenters. The Morgan fingerprint density at radius 3 is 2.32 bits per heavy atom. The van der Waals surface area contributed by atoms with Crippen LogP contribution in [0.15, 0.2) is 86.6 Å². The second-order valence-corrected chi connectivity index (χ2v) is 8.45. The van der Waals surface area contributed by atoms with E-state index in [0.29, 0.717) is 22.6 Å². The van der Waals surface area contributed by atoms with Crippen molar-refractivity contribution in [1.82, 2.24) is 0 Å². The van der Waals surface area contributed by atoms with E-state index in [1.54, 1.807) is 66.7 Å². The number of benzene rings is 3. The minimum atomic E-state index is -3.68. The van der Waals surface area contributed by atoms with Crippen LogP contribution in [0.2, 0.25) is 0 Å². The Hall–Kier alpha value is -2.97. The molecule has 1 heterocycles. The van der Waals surface area contributed by atoms with Crippen molar-refractivity contribution in [3.05, 3.63) is 88.4 Å². The number of ether oxygens (including phenoxy) is 1. The maximum Gasteiger partial charge on any atom is 0.343 e. The van der Waals surface area contributed by atoms with E-state index in [1.165, 1.54) is 6.07 Å². The van der Waals surface area contributed by atoms with Gasteiger partial charge < -0.3 is 10.1 Å². The summed E-state index contributed by atoms with van der Waals surface area (Å²) >= 11 is 3.32. The van der Waals surface area contributed by atoms with Crippen LogP contribution in [0.25, 0.3) is 0 Å². The maximum absolute atomic E-state index is 12.2. The van der Waals surface area contributed by atoms with Crippen molar-refractivity contribution < 1.29 is 17.9 Å². The molecule has 28 heavy (non-hydrogen) atoms. The Balaban J connectivity index is 1.49. The highest BCUT2D eigenvalue weighted by Crippen LogP contribution is 2.27. The topological polar surface area (TPSA) is 84.8 Å². The average Bonchev–Trinajstić information content (AvgIpc) is 2.94. The van der Waals surface area contributed by atoms with Crippen LogP contribution in [0.5, 0.6) is 5.75 Å². The first kappa shape index (κ1) is 18.4. The first-order chi connectivity index (χ1) is 13.4. The summed E-state index contributed by atoms with van der Waals surface area (Å²) in [5.74, 6) is 0.170. The van der Waals surface area contributed by atoms with Gasteiger partial charge in [0.2, 0.25) is 0 Å². The number of amidine groups is 1. The summed E-state index contributed by atoms with van der Waals surface area (Å²) in [6.07, 6.45) is 0. The van der Waals surface area contributed by atoms with Gasteiger partial charge in [-0.1, -0.05) is 28.1 Å². The number of nitrogens with zero attached hydrogens (tertiary/aromatic N) is 1. The molecular weight excluding hydrogens is 444 g/mol. The van der Waals surface area contributed by atoms with Crippen molar-refractivity contribution in [2.45, 2.75) is 4.90 Å². The summed E-state index contributed by atoms with van der Waals surface area (Å²) in [4.78, 5) is 12.3. The van der Waals surface area contributed by atoms with E-state index in [-0.39, 0.29) is 10.7 Å². The average molecular weight is 457 g/mol. The second-order valence-electron chi connectivity index (χ2n) is 5.96. The Kier molecular flexibility index (Phi) is 4.74. The lowest BCUT2D eigenvalue weighted by molar-refractivity contribution is 0.0734. The minimum absolute atomic E-state index is 0.178. The van der Waals surface area contributed by atoms with Gasteiger partial charge in [-0.2, -0.15) is 8.42 Å². The van der Waals surface area contributed by atoms with Crippen molar-refractivity contribution in [2.75, 3.05) is 5.32 Å². The third-order valence-corrected chi connectivity index (χ3v) is 5.90. The van der Waals surface area contributed by atoms with E-state index in [0.717, 1.165) is 4.47 Å². The SMILES string of the molecule is O=C(Oc1ccc(NC2=NS(=O)(=O)c3ccccc32)cc1)c1ccc(Br)cc1. The Bertz CT molecular complexity index is 1190. The molecule has 0 saturated heterocycles. The van der Waals surface area contributed by atoms with Crippen molar-refractivity contribution in [3.63, 3.8) is 0 Å². The molecule has 0 bridgehead atoms. The number of anilines is 1. The van der Waals surface area contributed by atoms with E-state index < -0.39 is 16.0 Å². The molecule has 0 atom stereocenters. The van der Waals surface area contributed by atoms with Crippen LogP contribution in [-0.2, 0) is 10.0 Å². The summed E-state index contributed by atoms with van der Waals surface area (Å²) < 4.78 is 34.2. The fourth-order valence-electron chi connectivity index (χ4n) is 2.69. The summed E-state index contributed by atoms with van der Waals surface area (Å²) in [5, 5.41) is 3.00. The Labute approximate surface area is 170 Å². The number of rotatable bonds is 3. The highest BCUT2D eigenvalue weighted by Gasteiger charge is 2.28. The molecule has 0 radical (unpaired) electrons. The fourth-order valence-corrected chi connectivity index (χ4v) is 4.13. The van der Waals surface area contributed by atoms with Crippen LogP contribution in [-0.4, -0.2) is 20.2 Å². The molecule has 4 rings (SSSR count). The summed E-state index contributed by atoms with van der Waals surface area (Å²) in [6, 6.07) is 20.1. The summed E-state index contributed by atoms with van der Waals surface area (Å²) in [7, 11) is -3.68. The molecule has 3 aromatic rings. The summed E-state index contributed by atoms with van der Waals surface area (Å²) in [5.41, 5.74) is 1.58. The maximum atomic E-state index is 12.2. The third kappa shape index (κ3) is 3.69. The number of nitrogens with one attached hydrogen (secondary N) is 1. The fraction of sp³-hybridized carbons (Fsp3) is 0. The van der Waals surface area contributed by atoms with Crippen molar-refractivity contribution >= 4 is 43.4 Å². The van der Waals surface area contributed by atoms with Crippen LogP contribution in [0.3, 0.4) is 0 Å². The van der Waals surface area contributed by atoms with Crippen molar-refractivity contribution in [3.8, 4) is 5.75 Å². The monoisotopic (exact) mass is 456 g/mol. The lowest BCUT2D eigenvalue weighted by Gasteiger charge is -2.08. The molecule has 1 N–H and O–H groups in total. The van der Waals surface area contributed by atoms with Crippen molar-refractivity contribution in [1.29, 1.82) is 0 Å². The number of fused-ring (bicyclic) bond motifs is 1. The van der Waals surface area contributed by atoms with Gasteiger partial charge in [-0.25, -0.2) is 4.79 Å². The molecule has 8 heteroatoms. The molecule has 0 aliphatic carbocycles. The van der Waals surface area contributed by atoms with Crippen LogP contribution in [0.4, 0.5) is 5.69 Å². The van der Waals surface area contributed by atoms with E-state index >= 15 is 0 Å². The molecule has 140 valence electrons. The number of esters is 1. The van der Waals surface area contributed by atoms with E-state index in [9.17, 15) is 13.2 Å². The van der Waals surface area contributed by atoms with Gasteiger partial charge in [0.25, 0.3) is 10.0 Å². The highest BCUT2D eigenvalue weighted by atomic mass is 79.9. The van der Waals surface area contributed by atoms with Gasteiger partial charge in [0.05, 0.1) is 5.56 Å². The smallest absolute Gasteiger partial charge is 0.343 e. The summed E-state index contributed by atoms with van der Waals surface area (Å²) in [6.45, 7) is 0. The molecular formula is C20H13BrN2O4S. The van der Waals surface area contributed by atoms with Crippen LogP contribution in [0.1, 0.15) is 15.9 Å². The van der Waals surface area contributed by atoms with Gasteiger partial charge in [-0.3, -0.25) is 0 Å². The minimum Gasteiger partial charge on any atom is -0.423 e. The van der Waals surface area contributed by atoms with Gasteiger partial charge in [0.1, 0.15) is 10.6 Å². The molecule has 1 aliphatic rings. The standard InChI is InChI=1S/C20H13BrN2O4S/c21-14-7-5-13(6-8-14)20(24)27-16-11-9-15(10-12-16)22-19-17-3-1-2-4-18(17)28(25,26)23-19/h1-12H,(H,22,23). The van der Waals surface area contributed by atoms with Crippen molar-refractivity contribution in [2.24, 2.45) is 4.40 Å². The Morgan fingerprint density at radius 1 is 0.929 bits per heavy atom. The second kappa shape index (κ2) is 7.21. The number of sulfonamides is 1. The third-order valence-electron chi connectivity index (χ3n) is 4.04. The zero-order chi connectivity index (χ0) is 19.7. The lowest BCUT2D eigenvalue weighted by atomic mass is 10.2.